The van der Waals surface area contributed by atoms with Crippen LogP contribution in [0.2, 0.25) is 0 Å². The predicted octanol–water partition coefficient (Wildman–Crippen LogP) is 3.21. The first-order valence-corrected chi connectivity index (χ1v) is 8.34. The van der Waals surface area contributed by atoms with Crippen LogP contribution in [0.3, 0.4) is 0 Å². The maximum atomic E-state index is 12.8. The molecule has 4 fully saturated rings. The van der Waals surface area contributed by atoms with E-state index in [0.717, 1.165) is 22.2 Å². The molecule has 5 heteroatoms. The first-order valence-electron chi connectivity index (χ1n) is 7.54. The van der Waals surface area contributed by atoms with Crippen LogP contribution in [0.25, 0.3) is 0 Å². The van der Waals surface area contributed by atoms with Gasteiger partial charge in [-0.05, 0) is 72.2 Å². The Hall–Kier alpha value is -0.840. The van der Waals surface area contributed by atoms with Crippen LogP contribution in [-0.2, 0) is 0 Å². The van der Waals surface area contributed by atoms with Gasteiger partial charge in [-0.15, -0.1) is 0 Å². The molecule has 4 aliphatic rings. The predicted molar refractivity (Wildman–Crippen MR) is 79.3 cm³/mol. The van der Waals surface area contributed by atoms with Crippen molar-refractivity contribution in [3.05, 3.63) is 16.4 Å². The zero-order chi connectivity index (χ0) is 13.9. The molecule has 1 heterocycles. The maximum Gasteiger partial charge on any atom is 0.273 e. The van der Waals surface area contributed by atoms with E-state index in [1.165, 1.54) is 38.5 Å². The largest absolute Gasteiger partial charge is 0.335 e. The molecule has 4 bridgehead atoms. The molecule has 0 spiro atoms. The van der Waals surface area contributed by atoms with Gasteiger partial charge >= 0.3 is 0 Å². The highest BCUT2D eigenvalue weighted by Crippen LogP contribution is 2.57. The summed E-state index contributed by atoms with van der Waals surface area (Å²) >= 11 is 3.40. The number of carbonyl (C=O) groups excluding carboxylic acids is 1. The van der Waals surface area contributed by atoms with Crippen LogP contribution in [-0.4, -0.2) is 33.6 Å². The van der Waals surface area contributed by atoms with E-state index in [1.54, 1.807) is 6.20 Å². The summed E-state index contributed by atoms with van der Waals surface area (Å²) in [7, 11) is 1.99. The van der Waals surface area contributed by atoms with Crippen LogP contribution >= 0.6 is 15.9 Å². The fourth-order valence-electron chi connectivity index (χ4n) is 5.28. The Balaban J connectivity index is 1.64. The van der Waals surface area contributed by atoms with Crippen LogP contribution in [0.15, 0.2) is 10.7 Å². The number of nitrogens with one attached hydrogen (secondary N) is 1. The van der Waals surface area contributed by atoms with Gasteiger partial charge in [-0.25, -0.2) is 0 Å². The number of amides is 1. The molecular formula is C15H20BrN3O. The molecule has 1 amide bonds. The molecule has 0 radical (unpaired) electrons. The second-order valence-corrected chi connectivity index (χ2v) is 7.95. The number of aromatic nitrogens is 2. The molecular weight excluding hydrogens is 318 g/mol. The molecule has 0 aromatic carbocycles. The fourth-order valence-corrected chi connectivity index (χ4v) is 5.64. The first kappa shape index (κ1) is 12.9. The second kappa shape index (κ2) is 4.33. The van der Waals surface area contributed by atoms with Gasteiger partial charge in [0.2, 0.25) is 0 Å². The van der Waals surface area contributed by atoms with Gasteiger partial charge in [0.15, 0.2) is 0 Å². The van der Waals surface area contributed by atoms with E-state index in [4.69, 9.17) is 0 Å². The maximum absolute atomic E-state index is 12.8. The van der Waals surface area contributed by atoms with Gasteiger partial charge in [0.05, 0.1) is 10.7 Å². The summed E-state index contributed by atoms with van der Waals surface area (Å²) in [5.41, 5.74) is 0.694. The van der Waals surface area contributed by atoms with Crippen LogP contribution in [0.5, 0.6) is 0 Å². The van der Waals surface area contributed by atoms with Crippen molar-refractivity contribution in [1.82, 2.24) is 15.1 Å². The molecule has 1 aromatic heterocycles. The zero-order valence-electron chi connectivity index (χ0n) is 11.7. The van der Waals surface area contributed by atoms with Crippen LogP contribution in [0.1, 0.15) is 49.0 Å². The molecule has 20 heavy (non-hydrogen) atoms. The molecule has 0 aliphatic heterocycles. The average molecular weight is 338 g/mol. The van der Waals surface area contributed by atoms with Crippen molar-refractivity contribution in [3.8, 4) is 0 Å². The molecule has 0 unspecified atom stereocenters. The van der Waals surface area contributed by atoms with Crippen LogP contribution < -0.4 is 0 Å². The van der Waals surface area contributed by atoms with E-state index >= 15 is 0 Å². The minimum atomic E-state index is 0.0799. The van der Waals surface area contributed by atoms with E-state index in [-0.39, 0.29) is 11.4 Å². The molecule has 4 saturated carbocycles. The molecule has 4 aliphatic carbocycles. The average Bonchev–Trinajstić information content (AvgIpc) is 2.81. The first-order chi connectivity index (χ1) is 9.57. The summed E-state index contributed by atoms with van der Waals surface area (Å²) in [6.07, 6.45) is 9.45. The van der Waals surface area contributed by atoms with Gasteiger partial charge in [0, 0.05) is 12.6 Å². The summed E-state index contributed by atoms with van der Waals surface area (Å²) in [6.45, 7) is 0. The van der Waals surface area contributed by atoms with Crippen LogP contribution in [0.4, 0.5) is 0 Å². The third-order valence-electron chi connectivity index (χ3n) is 5.83. The monoisotopic (exact) mass is 337 g/mol. The smallest absolute Gasteiger partial charge is 0.273 e. The lowest BCUT2D eigenvalue weighted by molar-refractivity contribution is -0.0667. The van der Waals surface area contributed by atoms with Crippen molar-refractivity contribution in [2.24, 2.45) is 17.8 Å². The van der Waals surface area contributed by atoms with E-state index in [9.17, 15) is 4.79 Å². The van der Waals surface area contributed by atoms with E-state index in [2.05, 4.69) is 26.1 Å². The molecule has 1 aromatic rings. The van der Waals surface area contributed by atoms with Crippen molar-refractivity contribution >= 4 is 21.8 Å². The second-order valence-electron chi connectivity index (χ2n) is 7.10. The Morgan fingerprint density at radius 1 is 1.30 bits per heavy atom. The lowest BCUT2D eigenvalue weighted by Crippen LogP contribution is -2.60. The van der Waals surface area contributed by atoms with Crippen LogP contribution in [0, 0.1) is 17.8 Å². The van der Waals surface area contributed by atoms with Gasteiger partial charge in [0.25, 0.3) is 5.91 Å². The highest BCUT2D eigenvalue weighted by Gasteiger charge is 2.54. The Morgan fingerprint density at radius 2 is 1.85 bits per heavy atom. The summed E-state index contributed by atoms with van der Waals surface area (Å²) in [6, 6.07) is 0. The SMILES string of the molecule is CN(C(=O)c1[nH]ncc1Br)C12CC3CC(CC(C3)C1)C2. The third-order valence-corrected chi connectivity index (χ3v) is 6.43. The van der Waals surface area contributed by atoms with Gasteiger partial charge < -0.3 is 4.90 Å². The Kier molecular flexibility index (Phi) is 2.78. The van der Waals surface area contributed by atoms with E-state index in [1.807, 2.05) is 11.9 Å². The minimum absolute atomic E-state index is 0.0799. The molecule has 1 N–H and O–H groups in total. The van der Waals surface area contributed by atoms with Gasteiger partial charge in [-0.2, -0.15) is 5.10 Å². The third kappa shape index (κ3) is 1.78. The molecule has 0 atom stereocenters. The number of carbonyl (C=O) groups is 1. The number of halogens is 1. The number of aromatic amines is 1. The number of rotatable bonds is 2. The number of hydrogen-bond donors (Lipinski definition) is 1. The summed E-state index contributed by atoms with van der Waals surface area (Å²) < 4.78 is 0.763. The lowest BCUT2D eigenvalue weighted by Gasteiger charge is -2.59. The summed E-state index contributed by atoms with van der Waals surface area (Å²) in [4.78, 5) is 14.8. The lowest BCUT2D eigenvalue weighted by atomic mass is 9.52. The van der Waals surface area contributed by atoms with Crippen molar-refractivity contribution in [1.29, 1.82) is 0 Å². The quantitative estimate of drug-likeness (QED) is 0.900. The zero-order valence-corrected chi connectivity index (χ0v) is 13.3. The number of H-pyrrole nitrogens is 1. The standard InChI is InChI=1S/C15H20BrN3O/c1-19(14(20)13-12(16)8-17-18-13)15-5-9-2-10(6-15)4-11(3-9)7-15/h8-11H,2-7H2,1H3,(H,17,18). The van der Waals surface area contributed by atoms with E-state index in [0.29, 0.717) is 5.69 Å². The highest BCUT2D eigenvalue weighted by atomic mass is 79.9. The fraction of sp³-hybridized carbons (Fsp3) is 0.733. The Morgan fingerprint density at radius 3 is 2.30 bits per heavy atom. The number of hydrogen-bond acceptors (Lipinski definition) is 2. The van der Waals surface area contributed by atoms with Crippen molar-refractivity contribution in [2.75, 3.05) is 7.05 Å². The van der Waals surface area contributed by atoms with E-state index < -0.39 is 0 Å². The molecule has 5 rings (SSSR count). The minimum Gasteiger partial charge on any atom is -0.335 e. The topological polar surface area (TPSA) is 49.0 Å². The van der Waals surface area contributed by atoms with Gasteiger partial charge in [-0.3, -0.25) is 9.89 Å². The van der Waals surface area contributed by atoms with Gasteiger partial charge in [-0.1, -0.05) is 0 Å². The normalized spacial score (nSPS) is 38.2. The summed E-state index contributed by atoms with van der Waals surface area (Å²) in [5, 5.41) is 6.78. The molecule has 108 valence electrons. The van der Waals surface area contributed by atoms with Crippen molar-refractivity contribution in [2.45, 2.75) is 44.1 Å². The highest BCUT2D eigenvalue weighted by molar-refractivity contribution is 9.10. The van der Waals surface area contributed by atoms with Crippen molar-refractivity contribution < 1.29 is 4.79 Å². The molecule has 0 saturated heterocycles. The Bertz CT molecular complexity index is 518. The van der Waals surface area contributed by atoms with Crippen molar-refractivity contribution in [3.63, 3.8) is 0 Å². The number of nitrogens with zero attached hydrogens (tertiary/aromatic N) is 2. The van der Waals surface area contributed by atoms with Gasteiger partial charge in [0.1, 0.15) is 5.69 Å². The summed E-state index contributed by atoms with van der Waals surface area (Å²) in [5.74, 6) is 2.63. The Labute approximate surface area is 127 Å². The molecule has 4 nitrogen and oxygen atoms in total.